The van der Waals surface area contributed by atoms with Gasteiger partial charge in [-0.05, 0) is 25.2 Å². The van der Waals surface area contributed by atoms with Crippen LogP contribution in [0.1, 0.15) is 56.1 Å². The van der Waals surface area contributed by atoms with Crippen molar-refractivity contribution in [1.29, 1.82) is 0 Å². The molecule has 1 aliphatic carbocycles. The zero-order valence-corrected chi connectivity index (χ0v) is 9.79. The van der Waals surface area contributed by atoms with Crippen LogP contribution in [0.25, 0.3) is 0 Å². The van der Waals surface area contributed by atoms with E-state index in [1.165, 1.54) is 0 Å². The standard InChI is InChI=1S/C12H18N2O/c1-6(2)10-8(4)13-11(14-12(10)15)9-5-7(9)3/h6-7,9H,5H2,1-4H3,(H,13,14,15). The number of aryl methyl sites for hydroxylation is 1. The molecule has 2 unspecified atom stereocenters. The number of hydrogen-bond acceptors (Lipinski definition) is 2. The Morgan fingerprint density at radius 3 is 2.47 bits per heavy atom. The van der Waals surface area contributed by atoms with Gasteiger partial charge < -0.3 is 4.98 Å². The van der Waals surface area contributed by atoms with E-state index in [0.29, 0.717) is 11.8 Å². The molecule has 0 amide bonds. The van der Waals surface area contributed by atoms with Gasteiger partial charge in [0.2, 0.25) is 0 Å². The molecule has 1 aliphatic rings. The van der Waals surface area contributed by atoms with Crippen molar-refractivity contribution in [2.75, 3.05) is 0 Å². The average Bonchev–Trinajstić information content (AvgIpc) is 2.80. The molecule has 1 heterocycles. The van der Waals surface area contributed by atoms with Crippen LogP contribution in [0, 0.1) is 12.8 Å². The summed E-state index contributed by atoms with van der Waals surface area (Å²) in [6, 6.07) is 0. The number of aromatic amines is 1. The fourth-order valence-electron chi connectivity index (χ4n) is 2.18. The quantitative estimate of drug-likeness (QED) is 0.807. The highest BCUT2D eigenvalue weighted by atomic mass is 16.1. The van der Waals surface area contributed by atoms with E-state index in [0.717, 1.165) is 23.5 Å². The van der Waals surface area contributed by atoms with Crippen LogP contribution in [-0.4, -0.2) is 9.97 Å². The summed E-state index contributed by atoms with van der Waals surface area (Å²) in [7, 11) is 0. The van der Waals surface area contributed by atoms with Crippen molar-refractivity contribution in [3.8, 4) is 0 Å². The van der Waals surface area contributed by atoms with Crippen molar-refractivity contribution in [2.45, 2.75) is 46.0 Å². The highest BCUT2D eigenvalue weighted by Gasteiger charge is 2.36. The minimum Gasteiger partial charge on any atom is -0.310 e. The zero-order valence-electron chi connectivity index (χ0n) is 9.79. The van der Waals surface area contributed by atoms with Crippen LogP contribution < -0.4 is 5.56 Å². The van der Waals surface area contributed by atoms with Crippen LogP contribution in [0.3, 0.4) is 0 Å². The van der Waals surface area contributed by atoms with Gasteiger partial charge in [-0.3, -0.25) is 4.79 Å². The van der Waals surface area contributed by atoms with Gasteiger partial charge in [-0.2, -0.15) is 0 Å². The monoisotopic (exact) mass is 206 g/mol. The summed E-state index contributed by atoms with van der Waals surface area (Å²) in [6.07, 6.45) is 1.16. The van der Waals surface area contributed by atoms with E-state index in [1.807, 2.05) is 20.8 Å². The van der Waals surface area contributed by atoms with Crippen LogP contribution in [0.15, 0.2) is 4.79 Å². The molecular formula is C12H18N2O. The van der Waals surface area contributed by atoms with E-state index in [4.69, 9.17) is 0 Å². The third-order valence-electron chi connectivity index (χ3n) is 3.20. The molecule has 1 saturated carbocycles. The second kappa shape index (κ2) is 3.47. The molecule has 0 aliphatic heterocycles. The summed E-state index contributed by atoms with van der Waals surface area (Å²) in [5.41, 5.74) is 1.77. The van der Waals surface area contributed by atoms with E-state index < -0.39 is 0 Å². The van der Waals surface area contributed by atoms with Crippen molar-refractivity contribution < 1.29 is 0 Å². The van der Waals surface area contributed by atoms with Gasteiger partial charge in [-0.15, -0.1) is 0 Å². The van der Waals surface area contributed by atoms with Crippen LogP contribution >= 0.6 is 0 Å². The summed E-state index contributed by atoms with van der Waals surface area (Å²) in [5, 5.41) is 0. The van der Waals surface area contributed by atoms with E-state index >= 15 is 0 Å². The van der Waals surface area contributed by atoms with E-state index in [1.54, 1.807) is 0 Å². The van der Waals surface area contributed by atoms with Crippen LogP contribution in [0.2, 0.25) is 0 Å². The summed E-state index contributed by atoms with van der Waals surface area (Å²) in [6.45, 7) is 8.18. The van der Waals surface area contributed by atoms with Crippen molar-refractivity contribution in [3.05, 3.63) is 27.4 Å². The maximum Gasteiger partial charge on any atom is 0.254 e. The molecule has 1 N–H and O–H groups in total. The first kappa shape index (κ1) is 10.4. The largest absolute Gasteiger partial charge is 0.310 e. The highest BCUT2D eigenvalue weighted by molar-refractivity contribution is 5.22. The van der Waals surface area contributed by atoms with Gasteiger partial charge in [0.15, 0.2) is 0 Å². The van der Waals surface area contributed by atoms with Crippen molar-refractivity contribution in [2.24, 2.45) is 5.92 Å². The molecule has 82 valence electrons. The van der Waals surface area contributed by atoms with Gasteiger partial charge >= 0.3 is 0 Å². The maximum atomic E-state index is 11.8. The van der Waals surface area contributed by atoms with Gasteiger partial charge in [-0.25, -0.2) is 4.98 Å². The number of nitrogens with one attached hydrogen (secondary N) is 1. The average molecular weight is 206 g/mol. The van der Waals surface area contributed by atoms with Crippen LogP contribution in [0.5, 0.6) is 0 Å². The molecule has 1 aromatic heterocycles. The van der Waals surface area contributed by atoms with Crippen molar-refractivity contribution in [3.63, 3.8) is 0 Å². The lowest BCUT2D eigenvalue weighted by molar-refractivity contribution is 0.767. The predicted molar refractivity (Wildman–Crippen MR) is 60.2 cm³/mol. The normalized spacial score (nSPS) is 24.6. The third-order valence-corrected chi connectivity index (χ3v) is 3.20. The molecule has 0 saturated heterocycles. The molecule has 0 spiro atoms. The molecule has 2 atom stereocenters. The lowest BCUT2D eigenvalue weighted by Gasteiger charge is -2.09. The Kier molecular flexibility index (Phi) is 2.41. The van der Waals surface area contributed by atoms with Crippen molar-refractivity contribution in [1.82, 2.24) is 9.97 Å². The first-order valence-electron chi connectivity index (χ1n) is 5.61. The summed E-state index contributed by atoms with van der Waals surface area (Å²) in [5.74, 6) is 2.29. The second-order valence-electron chi connectivity index (χ2n) is 4.92. The summed E-state index contributed by atoms with van der Waals surface area (Å²) in [4.78, 5) is 19.3. The number of rotatable bonds is 2. The first-order valence-corrected chi connectivity index (χ1v) is 5.61. The van der Waals surface area contributed by atoms with Gasteiger partial charge in [-0.1, -0.05) is 20.8 Å². The van der Waals surface area contributed by atoms with Gasteiger partial charge in [0.1, 0.15) is 5.82 Å². The number of hydrogen-bond donors (Lipinski definition) is 1. The molecule has 3 nitrogen and oxygen atoms in total. The molecule has 2 rings (SSSR count). The second-order valence-corrected chi connectivity index (χ2v) is 4.92. The fourth-order valence-corrected chi connectivity index (χ4v) is 2.18. The zero-order chi connectivity index (χ0) is 11.2. The minimum absolute atomic E-state index is 0.0478. The fraction of sp³-hybridized carbons (Fsp3) is 0.667. The van der Waals surface area contributed by atoms with E-state index in [2.05, 4.69) is 16.9 Å². The summed E-state index contributed by atoms with van der Waals surface area (Å²) < 4.78 is 0. The van der Waals surface area contributed by atoms with Gasteiger partial charge in [0, 0.05) is 17.2 Å². The first-order chi connectivity index (χ1) is 7.00. The maximum absolute atomic E-state index is 11.8. The molecule has 0 aromatic carbocycles. The lowest BCUT2D eigenvalue weighted by atomic mass is 10.0. The molecular weight excluding hydrogens is 188 g/mol. The smallest absolute Gasteiger partial charge is 0.254 e. The predicted octanol–water partition coefficient (Wildman–Crippen LogP) is 2.33. The Balaban J connectivity index is 2.44. The molecule has 0 radical (unpaired) electrons. The SMILES string of the molecule is Cc1nc(C2CC2C)[nH]c(=O)c1C(C)C. The third kappa shape index (κ3) is 1.83. The molecule has 0 bridgehead atoms. The highest BCUT2D eigenvalue weighted by Crippen LogP contribution is 2.45. The number of H-pyrrole nitrogens is 1. The topological polar surface area (TPSA) is 45.8 Å². The van der Waals surface area contributed by atoms with Crippen molar-refractivity contribution >= 4 is 0 Å². The molecule has 1 fully saturated rings. The van der Waals surface area contributed by atoms with E-state index in [9.17, 15) is 4.79 Å². The Morgan fingerprint density at radius 1 is 1.47 bits per heavy atom. The lowest BCUT2D eigenvalue weighted by Crippen LogP contribution is -2.19. The van der Waals surface area contributed by atoms with Crippen LogP contribution in [0.4, 0.5) is 0 Å². The Hall–Kier alpha value is -1.12. The Bertz CT molecular complexity index is 434. The number of aromatic nitrogens is 2. The summed E-state index contributed by atoms with van der Waals surface area (Å²) >= 11 is 0. The number of nitrogens with zero attached hydrogens (tertiary/aromatic N) is 1. The molecule has 3 heteroatoms. The van der Waals surface area contributed by atoms with Gasteiger partial charge in [0.25, 0.3) is 5.56 Å². The Morgan fingerprint density at radius 2 is 2.07 bits per heavy atom. The minimum atomic E-state index is 0.0478. The molecule has 1 aromatic rings. The molecule has 15 heavy (non-hydrogen) atoms. The van der Waals surface area contributed by atoms with Gasteiger partial charge in [0.05, 0.1) is 0 Å². The Labute approximate surface area is 89.9 Å². The van der Waals surface area contributed by atoms with Crippen LogP contribution in [-0.2, 0) is 0 Å². The van der Waals surface area contributed by atoms with E-state index in [-0.39, 0.29) is 11.5 Å².